The smallest absolute Gasteiger partial charge is 0.307 e. The van der Waals surface area contributed by atoms with Gasteiger partial charge in [0.15, 0.2) is 0 Å². The number of benzene rings is 1. The zero-order valence-electron chi connectivity index (χ0n) is 9.77. The predicted octanol–water partition coefficient (Wildman–Crippen LogP) is 2.12. The molecule has 0 spiro atoms. The first-order valence-electron chi connectivity index (χ1n) is 5.69. The number of nitrogens with one attached hydrogen (secondary N) is 1. The van der Waals surface area contributed by atoms with Crippen LogP contribution in [0.25, 0.3) is 10.9 Å². The largest absolute Gasteiger partial charge is 0.466 e. The fourth-order valence-corrected chi connectivity index (χ4v) is 1.91. The standard InChI is InChI=1S/C13H16N2O2/c1-2-17-13(16)7-11(14)10-8-15-12-6-4-3-5-9(10)12/h3-6,8,11,15H,2,7,14H2,1H3/t11-/m1/s1. The van der Waals surface area contributed by atoms with Gasteiger partial charge < -0.3 is 15.5 Å². The maximum atomic E-state index is 11.4. The van der Waals surface area contributed by atoms with E-state index >= 15 is 0 Å². The molecule has 90 valence electrons. The third-order valence-corrected chi connectivity index (χ3v) is 2.71. The minimum Gasteiger partial charge on any atom is -0.466 e. The first kappa shape index (κ1) is 11.7. The van der Waals surface area contributed by atoms with Crippen molar-refractivity contribution in [2.75, 3.05) is 6.61 Å². The molecule has 0 fully saturated rings. The summed E-state index contributed by atoms with van der Waals surface area (Å²) >= 11 is 0. The number of rotatable bonds is 4. The van der Waals surface area contributed by atoms with Gasteiger partial charge in [-0.2, -0.15) is 0 Å². The summed E-state index contributed by atoms with van der Waals surface area (Å²) in [6, 6.07) is 7.56. The molecular formula is C13H16N2O2. The van der Waals surface area contributed by atoms with Gasteiger partial charge in [-0.15, -0.1) is 0 Å². The fraction of sp³-hybridized carbons (Fsp3) is 0.308. The number of carbonyl (C=O) groups excluding carboxylic acids is 1. The number of para-hydroxylation sites is 1. The van der Waals surface area contributed by atoms with Crippen LogP contribution in [0.2, 0.25) is 0 Å². The van der Waals surface area contributed by atoms with Gasteiger partial charge in [0.1, 0.15) is 0 Å². The van der Waals surface area contributed by atoms with Crippen molar-refractivity contribution < 1.29 is 9.53 Å². The maximum absolute atomic E-state index is 11.4. The van der Waals surface area contributed by atoms with E-state index in [-0.39, 0.29) is 18.4 Å². The number of hydrogen-bond acceptors (Lipinski definition) is 3. The number of esters is 1. The van der Waals surface area contributed by atoms with Crippen LogP contribution in [0.4, 0.5) is 0 Å². The van der Waals surface area contributed by atoms with Crippen LogP contribution in [0.3, 0.4) is 0 Å². The predicted molar refractivity (Wildman–Crippen MR) is 66.5 cm³/mol. The number of nitrogens with two attached hydrogens (primary N) is 1. The highest BCUT2D eigenvalue weighted by Crippen LogP contribution is 2.24. The summed E-state index contributed by atoms with van der Waals surface area (Å²) in [4.78, 5) is 14.5. The lowest BCUT2D eigenvalue weighted by molar-refractivity contribution is -0.143. The average Bonchev–Trinajstić information content (AvgIpc) is 2.72. The van der Waals surface area contributed by atoms with Gasteiger partial charge in [0.2, 0.25) is 0 Å². The lowest BCUT2D eigenvalue weighted by atomic mass is 10.0. The summed E-state index contributed by atoms with van der Waals surface area (Å²) in [6.45, 7) is 2.18. The van der Waals surface area contributed by atoms with E-state index in [1.165, 1.54) is 0 Å². The van der Waals surface area contributed by atoms with E-state index in [1.807, 2.05) is 30.5 Å². The van der Waals surface area contributed by atoms with Crippen LogP contribution in [0.15, 0.2) is 30.5 Å². The number of aromatic amines is 1. The molecule has 4 heteroatoms. The molecule has 17 heavy (non-hydrogen) atoms. The van der Waals surface area contributed by atoms with E-state index < -0.39 is 0 Å². The van der Waals surface area contributed by atoms with E-state index in [1.54, 1.807) is 6.92 Å². The van der Waals surface area contributed by atoms with Gasteiger partial charge in [0, 0.05) is 23.1 Å². The van der Waals surface area contributed by atoms with Crippen molar-refractivity contribution >= 4 is 16.9 Å². The highest BCUT2D eigenvalue weighted by atomic mass is 16.5. The number of carbonyl (C=O) groups is 1. The Kier molecular flexibility index (Phi) is 3.44. The van der Waals surface area contributed by atoms with E-state index in [2.05, 4.69) is 4.98 Å². The van der Waals surface area contributed by atoms with Crippen LogP contribution >= 0.6 is 0 Å². The number of aromatic nitrogens is 1. The molecule has 1 aromatic heterocycles. The minimum absolute atomic E-state index is 0.204. The van der Waals surface area contributed by atoms with Crippen molar-refractivity contribution in [2.24, 2.45) is 5.73 Å². The molecule has 0 saturated heterocycles. The van der Waals surface area contributed by atoms with Crippen molar-refractivity contribution in [3.8, 4) is 0 Å². The topological polar surface area (TPSA) is 68.1 Å². The number of hydrogen-bond donors (Lipinski definition) is 2. The monoisotopic (exact) mass is 232 g/mol. The second-order valence-corrected chi connectivity index (χ2v) is 3.91. The fourth-order valence-electron chi connectivity index (χ4n) is 1.91. The van der Waals surface area contributed by atoms with Gasteiger partial charge in [-0.25, -0.2) is 0 Å². The van der Waals surface area contributed by atoms with Crippen molar-refractivity contribution in [2.45, 2.75) is 19.4 Å². The Bertz CT molecular complexity index is 519. The van der Waals surface area contributed by atoms with Crippen LogP contribution in [0.5, 0.6) is 0 Å². The van der Waals surface area contributed by atoms with Crippen LogP contribution in [-0.2, 0) is 9.53 Å². The van der Waals surface area contributed by atoms with Crippen molar-refractivity contribution in [3.63, 3.8) is 0 Å². The van der Waals surface area contributed by atoms with Gasteiger partial charge >= 0.3 is 5.97 Å². The molecular weight excluding hydrogens is 216 g/mol. The normalized spacial score (nSPS) is 12.6. The molecule has 3 N–H and O–H groups in total. The molecule has 0 unspecified atom stereocenters. The average molecular weight is 232 g/mol. The third kappa shape index (κ3) is 2.47. The summed E-state index contributed by atoms with van der Waals surface area (Å²) in [5, 5.41) is 1.06. The molecule has 1 atom stereocenters. The van der Waals surface area contributed by atoms with E-state index in [4.69, 9.17) is 10.5 Å². The summed E-state index contributed by atoms with van der Waals surface area (Å²) in [7, 11) is 0. The van der Waals surface area contributed by atoms with Crippen LogP contribution < -0.4 is 5.73 Å². The first-order valence-corrected chi connectivity index (χ1v) is 5.69. The van der Waals surface area contributed by atoms with E-state index in [9.17, 15) is 4.79 Å². The Hall–Kier alpha value is -1.81. The molecule has 0 radical (unpaired) electrons. The van der Waals surface area contributed by atoms with E-state index in [0.717, 1.165) is 16.5 Å². The van der Waals surface area contributed by atoms with Crippen molar-refractivity contribution in [3.05, 3.63) is 36.0 Å². The molecule has 0 amide bonds. The van der Waals surface area contributed by atoms with Crippen LogP contribution in [-0.4, -0.2) is 17.6 Å². The van der Waals surface area contributed by atoms with Gasteiger partial charge in [0.25, 0.3) is 0 Å². The number of H-pyrrole nitrogens is 1. The first-order chi connectivity index (χ1) is 8.22. The maximum Gasteiger partial charge on any atom is 0.307 e. The molecule has 2 aromatic rings. The summed E-state index contributed by atoms with van der Waals surface area (Å²) in [6.07, 6.45) is 2.06. The minimum atomic E-state index is -0.329. The molecule has 1 heterocycles. The highest BCUT2D eigenvalue weighted by Gasteiger charge is 2.15. The summed E-state index contributed by atoms with van der Waals surface area (Å²) in [5.74, 6) is -0.259. The Morgan fingerprint density at radius 1 is 1.47 bits per heavy atom. The highest BCUT2D eigenvalue weighted by molar-refractivity contribution is 5.84. The second kappa shape index (κ2) is 5.01. The molecule has 0 aliphatic heterocycles. The quantitative estimate of drug-likeness (QED) is 0.793. The Morgan fingerprint density at radius 3 is 3.00 bits per heavy atom. The molecule has 0 saturated carbocycles. The van der Waals surface area contributed by atoms with Gasteiger partial charge in [-0.3, -0.25) is 4.79 Å². The number of ether oxygens (including phenoxy) is 1. The van der Waals surface area contributed by atoms with Gasteiger partial charge in [0.05, 0.1) is 13.0 Å². The van der Waals surface area contributed by atoms with Gasteiger partial charge in [-0.05, 0) is 18.6 Å². The van der Waals surface area contributed by atoms with Crippen molar-refractivity contribution in [1.29, 1.82) is 0 Å². The molecule has 4 nitrogen and oxygen atoms in total. The number of fused-ring (bicyclic) bond motifs is 1. The lowest BCUT2D eigenvalue weighted by Crippen LogP contribution is -2.16. The zero-order valence-corrected chi connectivity index (χ0v) is 9.77. The molecule has 0 bridgehead atoms. The Labute approximate surface area is 99.8 Å². The lowest BCUT2D eigenvalue weighted by Gasteiger charge is -2.09. The van der Waals surface area contributed by atoms with Crippen LogP contribution in [0, 0.1) is 0 Å². The Morgan fingerprint density at radius 2 is 2.24 bits per heavy atom. The van der Waals surface area contributed by atoms with E-state index in [0.29, 0.717) is 6.61 Å². The van der Waals surface area contributed by atoms with Crippen LogP contribution in [0.1, 0.15) is 24.9 Å². The molecule has 0 aliphatic carbocycles. The summed E-state index contributed by atoms with van der Waals surface area (Å²) < 4.78 is 4.89. The summed E-state index contributed by atoms with van der Waals surface area (Å²) in [5.41, 5.74) is 8.00. The van der Waals surface area contributed by atoms with Crippen molar-refractivity contribution in [1.82, 2.24) is 4.98 Å². The molecule has 2 rings (SSSR count). The molecule has 1 aromatic carbocycles. The third-order valence-electron chi connectivity index (χ3n) is 2.71. The molecule has 0 aliphatic rings. The van der Waals surface area contributed by atoms with Gasteiger partial charge in [-0.1, -0.05) is 18.2 Å². The Balaban J connectivity index is 2.19. The zero-order chi connectivity index (χ0) is 12.3. The second-order valence-electron chi connectivity index (χ2n) is 3.91. The SMILES string of the molecule is CCOC(=O)C[C@@H](N)c1c[nH]c2ccccc12.